The van der Waals surface area contributed by atoms with E-state index in [1.165, 1.54) is 5.56 Å². The molecule has 0 spiro atoms. The minimum atomic E-state index is -0.144. The molecule has 0 bridgehead atoms. The highest BCUT2D eigenvalue weighted by Gasteiger charge is 2.21. The third-order valence-electron chi connectivity index (χ3n) is 3.91. The Balaban J connectivity index is 1.73. The van der Waals surface area contributed by atoms with Crippen LogP contribution >= 0.6 is 0 Å². The van der Waals surface area contributed by atoms with E-state index < -0.39 is 0 Å². The number of anilines is 1. The number of benzene rings is 2. The maximum Gasteiger partial charge on any atom is 0.251 e. The van der Waals surface area contributed by atoms with Crippen molar-refractivity contribution in [1.29, 1.82) is 0 Å². The highest BCUT2D eigenvalue weighted by Crippen LogP contribution is 2.22. The molecule has 4 nitrogen and oxygen atoms in total. The van der Waals surface area contributed by atoms with Crippen LogP contribution in [0.3, 0.4) is 0 Å². The molecule has 2 aromatic rings. The Bertz CT molecular complexity index is 682. The molecule has 0 saturated carbocycles. The molecule has 21 heavy (non-hydrogen) atoms. The number of rotatable bonds is 2. The molecule has 0 saturated heterocycles. The SMILES string of the molecule is Cc1c(O)cccc1C(=O)NC1CNc2ccccc2C1. The van der Waals surface area contributed by atoms with Gasteiger partial charge in [-0.25, -0.2) is 0 Å². The Hall–Kier alpha value is -2.49. The van der Waals surface area contributed by atoms with Crippen molar-refractivity contribution in [2.75, 3.05) is 11.9 Å². The second-order valence-electron chi connectivity index (χ2n) is 5.36. The van der Waals surface area contributed by atoms with Crippen LogP contribution in [0.2, 0.25) is 0 Å². The number of para-hydroxylation sites is 1. The number of phenolic OH excluding ortho intramolecular Hbond substituents is 1. The Morgan fingerprint density at radius 2 is 2.05 bits per heavy atom. The van der Waals surface area contributed by atoms with E-state index in [1.807, 2.05) is 18.2 Å². The van der Waals surface area contributed by atoms with E-state index in [-0.39, 0.29) is 17.7 Å². The van der Waals surface area contributed by atoms with E-state index in [1.54, 1.807) is 25.1 Å². The van der Waals surface area contributed by atoms with Gasteiger partial charge >= 0.3 is 0 Å². The lowest BCUT2D eigenvalue weighted by Crippen LogP contribution is -2.43. The molecule has 3 N–H and O–H groups in total. The summed E-state index contributed by atoms with van der Waals surface area (Å²) in [5.41, 5.74) is 3.48. The number of aromatic hydroxyl groups is 1. The molecule has 1 heterocycles. The van der Waals surface area contributed by atoms with E-state index in [4.69, 9.17) is 0 Å². The first-order chi connectivity index (χ1) is 10.1. The summed E-state index contributed by atoms with van der Waals surface area (Å²) in [5.74, 6) is 0.00402. The number of hydrogen-bond donors (Lipinski definition) is 3. The summed E-state index contributed by atoms with van der Waals surface area (Å²) in [5, 5.41) is 16.1. The molecule has 1 aliphatic rings. The normalized spacial score (nSPS) is 16.7. The summed E-state index contributed by atoms with van der Waals surface area (Å²) >= 11 is 0. The first-order valence-corrected chi connectivity index (χ1v) is 7.06. The Kier molecular flexibility index (Phi) is 3.52. The lowest BCUT2D eigenvalue weighted by atomic mass is 9.99. The van der Waals surface area contributed by atoms with Gasteiger partial charge in [0.25, 0.3) is 5.91 Å². The number of hydrogen-bond acceptors (Lipinski definition) is 3. The van der Waals surface area contributed by atoms with Gasteiger partial charge in [0.15, 0.2) is 0 Å². The molecule has 1 atom stereocenters. The zero-order valence-electron chi connectivity index (χ0n) is 11.9. The predicted octanol–water partition coefficient (Wildman–Crippen LogP) is 2.47. The number of carbonyl (C=O) groups excluding carboxylic acids is 1. The van der Waals surface area contributed by atoms with Gasteiger partial charge in [-0.3, -0.25) is 4.79 Å². The van der Waals surface area contributed by atoms with Gasteiger partial charge in [-0.15, -0.1) is 0 Å². The first kappa shape index (κ1) is 13.5. The maximum absolute atomic E-state index is 12.3. The van der Waals surface area contributed by atoms with E-state index in [0.717, 1.165) is 12.1 Å². The first-order valence-electron chi connectivity index (χ1n) is 7.06. The number of fused-ring (bicyclic) bond motifs is 1. The molecule has 1 unspecified atom stereocenters. The lowest BCUT2D eigenvalue weighted by molar-refractivity contribution is 0.0937. The molecule has 1 aliphatic heterocycles. The van der Waals surface area contributed by atoms with Gasteiger partial charge in [0.1, 0.15) is 5.75 Å². The van der Waals surface area contributed by atoms with Crippen LogP contribution in [0.1, 0.15) is 21.5 Å². The van der Waals surface area contributed by atoms with E-state index in [0.29, 0.717) is 17.7 Å². The largest absolute Gasteiger partial charge is 0.508 e. The second kappa shape index (κ2) is 5.48. The summed E-state index contributed by atoms with van der Waals surface area (Å²) in [6.07, 6.45) is 0.812. The van der Waals surface area contributed by atoms with Crippen LogP contribution < -0.4 is 10.6 Å². The predicted molar refractivity (Wildman–Crippen MR) is 82.7 cm³/mol. The van der Waals surface area contributed by atoms with Gasteiger partial charge in [0, 0.05) is 23.4 Å². The van der Waals surface area contributed by atoms with Gasteiger partial charge in [0.05, 0.1) is 6.04 Å². The molecule has 3 rings (SSSR count). The third kappa shape index (κ3) is 2.70. The van der Waals surface area contributed by atoms with Gasteiger partial charge in [-0.2, -0.15) is 0 Å². The third-order valence-corrected chi connectivity index (χ3v) is 3.91. The highest BCUT2D eigenvalue weighted by molar-refractivity contribution is 5.96. The topological polar surface area (TPSA) is 61.4 Å². The number of nitrogens with one attached hydrogen (secondary N) is 2. The van der Waals surface area contributed by atoms with E-state index >= 15 is 0 Å². The van der Waals surface area contributed by atoms with E-state index in [9.17, 15) is 9.90 Å². The van der Waals surface area contributed by atoms with Crippen molar-refractivity contribution in [3.8, 4) is 5.75 Å². The average molecular weight is 282 g/mol. The Labute approximate surface area is 123 Å². The molecule has 0 aromatic heterocycles. The van der Waals surface area contributed by atoms with Crippen molar-refractivity contribution in [3.05, 3.63) is 59.2 Å². The number of carbonyl (C=O) groups is 1. The smallest absolute Gasteiger partial charge is 0.251 e. The van der Waals surface area contributed by atoms with E-state index in [2.05, 4.69) is 16.7 Å². The number of amides is 1. The minimum Gasteiger partial charge on any atom is -0.508 e. The standard InChI is InChI=1S/C17H18N2O2/c1-11-14(6-4-8-16(11)20)17(21)19-13-9-12-5-2-3-7-15(12)18-10-13/h2-8,13,18,20H,9-10H2,1H3,(H,19,21). The van der Waals surface area contributed by atoms with Gasteiger partial charge < -0.3 is 15.7 Å². The quantitative estimate of drug-likeness (QED) is 0.793. The van der Waals surface area contributed by atoms with Crippen molar-refractivity contribution in [1.82, 2.24) is 5.32 Å². The van der Waals surface area contributed by atoms with Crippen LogP contribution in [0, 0.1) is 6.92 Å². The van der Waals surface area contributed by atoms with Gasteiger partial charge in [0.2, 0.25) is 0 Å². The summed E-state index contributed by atoms with van der Waals surface area (Å²) in [7, 11) is 0. The fourth-order valence-electron chi connectivity index (χ4n) is 2.68. The molecule has 0 radical (unpaired) electrons. The van der Waals surface area contributed by atoms with Crippen LogP contribution in [0.5, 0.6) is 5.75 Å². The van der Waals surface area contributed by atoms with Gasteiger partial charge in [-0.05, 0) is 37.1 Å². The second-order valence-corrected chi connectivity index (χ2v) is 5.36. The van der Waals surface area contributed by atoms with Crippen LogP contribution in [-0.2, 0) is 6.42 Å². The molecule has 0 aliphatic carbocycles. The van der Waals surface area contributed by atoms with Crippen LogP contribution in [0.25, 0.3) is 0 Å². The molecule has 108 valence electrons. The average Bonchev–Trinajstić information content (AvgIpc) is 2.50. The lowest BCUT2D eigenvalue weighted by Gasteiger charge is -2.27. The minimum absolute atomic E-state index is 0.0501. The van der Waals surface area contributed by atoms with Gasteiger partial charge in [-0.1, -0.05) is 24.3 Å². The fraction of sp³-hybridized carbons (Fsp3) is 0.235. The molecule has 4 heteroatoms. The van der Waals surface area contributed by atoms with Crippen molar-refractivity contribution in [2.24, 2.45) is 0 Å². The number of phenols is 1. The van der Waals surface area contributed by atoms with Crippen LogP contribution in [-0.4, -0.2) is 23.6 Å². The molecule has 0 fully saturated rings. The summed E-state index contributed by atoms with van der Waals surface area (Å²) in [4.78, 5) is 12.3. The Morgan fingerprint density at radius 3 is 2.90 bits per heavy atom. The van der Waals surface area contributed by atoms with Crippen molar-refractivity contribution < 1.29 is 9.90 Å². The van der Waals surface area contributed by atoms with Crippen LogP contribution in [0.4, 0.5) is 5.69 Å². The molecular formula is C17H18N2O2. The summed E-state index contributed by atoms with van der Waals surface area (Å²) in [6.45, 7) is 2.46. The molecular weight excluding hydrogens is 264 g/mol. The fourth-order valence-corrected chi connectivity index (χ4v) is 2.68. The molecule has 1 amide bonds. The highest BCUT2D eigenvalue weighted by atomic mass is 16.3. The zero-order chi connectivity index (χ0) is 14.8. The summed E-state index contributed by atoms with van der Waals surface area (Å²) < 4.78 is 0. The zero-order valence-corrected chi connectivity index (χ0v) is 11.9. The molecule has 2 aromatic carbocycles. The monoisotopic (exact) mass is 282 g/mol. The van der Waals surface area contributed by atoms with Crippen molar-refractivity contribution >= 4 is 11.6 Å². The summed E-state index contributed by atoms with van der Waals surface area (Å²) in [6, 6.07) is 13.2. The maximum atomic E-state index is 12.3. The van der Waals surface area contributed by atoms with Crippen LogP contribution in [0.15, 0.2) is 42.5 Å². The van der Waals surface area contributed by atoms with Crippen molar-refractivity contribution in [3.63, 3.8) is 0 Å². The van der Waals surface area contributed by atoms with Crippen molar-refractivity contribution in [2.45, 2.75) is 19.4 Å². The Morgan fingerprint density at radius 1 is 1.24 bits per heavy atom.